The highest BCUT2D eigenvalue weighted by atomic mass is 16.3. The van der Waals surface area contributed by atoms with Crippen molar-refractivity contribution in [3.8, 4) is 0 Å². The first-order valence-corrected chi connectivity index (χ1v) is 5.08. The lowest BCUT2D eigenvalue weighted by Gasteiger charge is -2.17. The van der Waals surface area contributed by atoms with Gasteiger partial charge in [0.05, 0.1) is 0 Å². The van der Waals surface area contributed by atoms with Gasteiger partial charge in [-0.15, -0.1) is 0 Å². The molecule has 3 heteroatoms. The van der Waals surface area contributed by atoms with Crippen LogP contribution in [-0.2, 0) is 6.42 Å². The maximum absolute atomic E-state index is 9.77. The summed E-state index contributed by atoms with van der Waals surface area (Å²) in [5, 5.41) is 11.0. The van der Waals surface area contributed by atoms with Gasteiger partial charge in [-0.25, -0.2) is 0 Å². The van der Waals surface area contributed by atoms with Crippen molar-refractivity contribution in [3.63, 3.8) is 0 Å². The molecular weight excluding hydrogens is 188 g/mol. The van der Waals surface area contributed by atoms with Crippen molar-refractivity contribution in [1.82, 2.24) is 9.88 Å². The molecule has 0 bridgehead atoms. The predicted octanol–water partition coefficient (Wildman–Crippen LogP) is 1.59. The van der Waals surface area contributed by atoms with Crippen LogP contribution in [0.3, 0.4) is 0 Å². The Morgan fingerprint density at radius 3 is 2.80 bits per heavy atom. The van der Waals surface area contributed by atoms with E-state index in [0.29, 0.717) is 6.42 Å². The fourth-order valence-corrected chi connectivity index (χ4v) is 1.68. The quantitative estimate of drug-likeness (QED) is 0.745. The van der Waals surface area contributed by atoms with Crippen molar-refractivity contribution in [2.45, 2.75) is 12.6 Å². The summed E-state index contributed by atoms with van der Waals surface area (Å²) < 4.78 is 0. The maximum Gasteiger partial charge on any atom is 0.111 e. The molecule has 0 spiro atoms. The summed E-state index contributed by atoms with van der Waals surface area (Å²) in [4.78, 5) is 5.01. The number of nitrogens with zero attached hydrogens (tertiary/aromatic N) is 1. The Balaban J connectivity index is 2.29. The van der Waals surface area contributed by atoms with Gasteiger partial charge in [0.1, 0.15) is 6.23 Å². The summed E-state index contributed by atoms with van der Waals surface area (Å²) in [6, 6.07) is 8.14. The fourth-order valence-electron chi connectivity index (χ4n) is 1.68. The van der Waals surface area contributed by atoms with Crippen molar-refractivity contribution in [1.29, 1.82) is 0 Å². The van der Waals surface area contributed by atoms with E-state index in [1.54, 1.807) is 0 Å². The van der Waals surface area contributed by atoms with Crippen molar-refractivity contribution in [3.05, 3.63) is 36.0 Å². The Morgan fingerprint density at radius 2 is 2.07 bits per heavy atom. The van der Waals surface area contributed by atoms with E-state index in [-0.39, 0.29) is 0 Å². The van der Waals surface area contributed by atoms with Gasteiger partial charge in [-0.2, -0.15) is 0 Å². The van der Waals surface area contributed by atoms with Gasteiger partial charge >= 0.3 is 0 Å². The Morgan fingerprint density at radius 1 is 1.33 bits per heavy atom. The summed E-state index contributed by atoms with van der Waals surface area (Å²) in [5.41, 5.74) is 2.28. The third-order valence-corrected chi connectivity index (χ3v) is 2.67. The van der Waals surface area contributed by atoms with E-state index >= 15 is 0 Å². The average molecular weight is 204 g/mol. The molecule has 3 nitrogen and oxygen atoms in total. The number of rotatable bonds is 3. The standard InChI is InChI=1S/C12H16N2O/c1-14(2)12(15)7-9-8-13-11-6-4-3-5-10(9)11/h3-6,8,12-13,15H,7H2,1-2H3. The summed E-state index contributed by atoms with van der Waals surface area (Å²) >= 11 is 0. The van der Waals surface area contributed by atoms with E-state index in [0.717, 1.165) is 11.1 Å². The van der Waals surface area contributed by atoms with Gasteiger partial charge in [0.15, 0.2) is 0 Å². The number of benzene rings is 1. The van der Waals surface area contributed by atoms with Crippen LogP contribution in [0.4, 0.5) is 0 Å². The van der Waals surface area contributed by atoms with Gasteiger partial charge in [0.2, 0.25) is 0 Å². The number of fused-ring (bicyclic) bond motifs is 1. The van der Waals surface area contributed by atoms with E-state index in [1.165, 1.54) is 5.39 Å². The first-order chi connectivity index (χ1) is 7.18. The van der Waals surface area contributed by atoms with Gasteiger partial charge in [-0.1, -0.05) is 18.2 Å². The maximum atomic E-state index is 9.77. The summed E-state index contributed by atoms with van der Waals surface area (Å²) in [6.45, 7) is 0. The van der Waals surface area contributed by atoms with Gasteiger partial charge in [0.25, 0.3) is 0 Å². The molecule has 0 saturated heterocycles. The zero-order chi connectivity index (χ0) is 10.8. The van der Waals surface area contributed by atoms with E-state index in [9.17, 15) is 5.11 Å². The highest BCUT2D eigenvalue weighted by Crippen LogP contribution is 2.19. The zero-order valence-corrected chi connectivity index (χ0v) is 9.07. The van der Waals surface area contributed by atoms with Crippen molar-refractivity contribution in [2.75, 3.05) is 14.1 Å². The van der Waals surface area contributed by atoms with Crippen molar-refractivity contribution in [2.24, 2.45) is 0 Å². The minimum absolute atomic E-state index is 0.427. The molecule has 0 aliphatic heterocycles. The molecule has 1 heterocycles. The molecule has 0 radical (unpaired) electrons. The molecule has 0 aliphatic rings. The highest BCUT2D eigenvalue weighted by molar-refractivity contribution is 5.83. The summed E-state index contributed by atoms with van der Waals surface area (Å²) in [5.74, 6) is 0. The summed E-state index contributed by atoms with van der Waals surface area (Å²) in [6.07, 6.45) is 2.19. The minimum Gasteiger partial charge on any atom is -0.378 e. The number of para-hydroxylation sites is 1. The smallest absolute Gasteiger partial charge is 0.111 e. The van der Waals surface area contributed by atoms with Gasteiger partial charge < -0.3 is 10.1 Å². The van der Waals surface area contributed by atoms with E-state index in [2.05, 4.69) is 11.1 Å². The molecule has 2 aromatic rings. The van der Waals surface area contributed by atoms with E-state index in [4.69, 9.17) is 0 Å². The second kappa shape index (κ2) is 4.04. The van der Waals surface area contributed by atoms with E-state index in [1.807, 2.05) is 43.4 Å². The lowest BCUT2D eigenvalue weighted by Crippen LogP contribution is -2.29. The van der Waals surface area contributed by atoms with Crippen LogP contribution in [0.2, 0.25) is 0 Å². The molecule has 1 atom stereocenters. The number of aliphatic hydroxyl groups is 1. The number of aromatic nitrogens is 1. The van der Waals surface area contributed by atoms with Crippen molar-refractivity contribution >= 4 is 10.9 Å². The third kappa shape index (κ3) is 2.03. The molecule has 1 unspecified atom stereocenters. The monoisotopic (exact) mass is 204 g/mol. The van der Waals surface area contributed by atoms with Crippen LogP contribution in [0.15, 0.2) is 30.5 Å². The van der Waals surface area contributed by atoms with Crippen LogP contribution in [0.1, 0.15) is 5.56 Å². The Kier molecular flexibility index (Phi) is 2.75. The van der Waals surface area contributed by atoms with Crippen molar-refractivity contribution < 1.29 is 5.11 Å². The molecule has 2 N–H and O–H groups in total. The Hall–Kier alpha value is -1.32. The zero-order valence-electron chi connectivity index (χ0n) is 9.07. The first-order valence-electron chi connectivity index (χ1n) is 5.08. The van der Waals surface area contributed by atoms with E-state index < -0.39 is 6.23 Å². The molecule has 80 valence electrons. The first kappa shape index (κ1) is 10.2. The molecule has 2 rings (SSSR count). The third-order valence-electron chi connectivity index (χ3n) is 2.67. The fraction of sp³-hybridized carbons (Fsp3) is 0.333. The molecule has 0 fully saturated rings. The number of aromatic amines is 1. The average Bonchev–Trinajstić information content (AvgIpc) is 2.62. The predicted molar refractivity (Wildman–Crippen MR) is 61.7 cm³/mol. The Labute approximate surface area is 89.3 Å². The highest BCUT2D eigenvalue weighted by Gasteiger charge is 2.10. The Bertz CT molecular complexity index is 448. The molecule has 0 aliphatic carbocycles. The van der Waals surface area contributed by atoms with Crippen LogP contribution in [0, 0.1) is 0 Å². The minimum atomic E-state index is -0.427. The summed E-state index contributed by atoms with van der Waals surface area (Å²) in [7, 11) is 3.75. The van der Waals surface area contributed by atoms with Gasteiger partial charge in [0, 0.05) is 23.5 Å². The lowest BCUT2D eigenvalue weighted by molar-refractivity contribution is 0.0415. The van der Waals surface area contributed by atoms with Gasteiger partial charge in [-0.05, 0) is 25.7 Å². The number of hydrogen-bond donors (Lipinski definition) is 2. The SMILES string of the molecule is CN(C)C(O)Cc1c[nH]c2ccccc12. The largest absolute Gasteiger partial charge is 0.378 e. The molecular formula is C12H16N2O. The molecule has 1 aromatic carbocycles. The van der Waals surface area contributed by atoms with Gasteiger partial charge in [-0.3, -0.25) is 4.90 Å². The van der Waals surface area contributed by atoms with Crippen LogP contribution in [-0.4, -0.2) is 35.3 Å². The number of nitrogens with one attached hydrogen (secondary N) is 1. The number of H-pyrrole nitrogens is 1. The number of likely N-dealkylation sites (N-methyl/N-ethyl adjacent to an activating group) is 1. The second-order valence-corrected chi connectivity index (χ2v) is 4.01. The molecule has 1 aromatic heterocycles. The lowest BCUT2D eigenvalue weighted by atomic mass is 10.1. The number of hydrogen-bond acceptors (Lipinski definition) is 2. The normalized spacial score (nSPS) is 13.6. The number of aliphatic hydroxyl groups excluding tert-OH is 1. The van der Waals surface area contributed by atoms with Crippen LogP contribution >= 0.6 is 0 Å². The molecule has 15 heavy (non-hydrogen) atoms. The molecule has 0 amide bonds. The van der Waals surface area contributed by atoms with Crippen LogP contribution in [0.25, 0.3) is 10.9 Å². The topological polar surface area (TPSA) is 39.3 Å². The van der Waals surface area contributed by atoms with Crippen LogP contribution in [0.5, 0.6) is 0 Å². The van der Waals surface area contributed by atoms with Crippen LogP contribution < -0.4 is 0 Å². The second-order valence-electron chi connectivity index (χ2n) is 4.01. The molecule has 0 saturated carbocycles.